The van der Waals surface area contributed by atoms with E-state index >= 15 is 0 Å². The Labute approximate surface area is 206 Å². The Balaban J connectivity index is 1.39. The van der Waals surface area contributed by atoms with E-state index in [2.05, 4.69) is 10.0 Å². The van der Waals surface area contributed by atoms with Crippen LogP contribution in [0.5, 0.6) is 0 Å². The van der Waals surface area contributed by atoms with Gasteiger partial charge < -0.3 is 19.5 Å². The monoisotopic (exact) mass is 496 g/mol. The van der Waals surface area contributed by atoms with Crippen LogP contribution in [0, 0.1) is 0 Å². The van der Waals surface area contributed by atoms with Crippen molar-refractivity contribution in [3.05, 3.63) is 71.8 Å². The Morgan fingerprint density at radius 1 is 1.00 bits per heavy atom. The molecule has 1 saturated carbocycles. The highest BCUT2D eigenvalue weighted by Gasteiger charge is 2.22. The normalized spacial score (nSPS) is 12.6. The second kappa shape index (κ2) is 11.2. The van der Waals surface area contributed by atoms with Crippen LogP contribution in [0.4, 0.5) is 10.7 Å². The van der Waals surface area contributed by atoms with Gasteiger partial charge in [0.15, 0.2) is 6.61 Å². The highest BCUT2D eigenvalue weighted by molar-refractivity contribution is 8.01. The molecule has 1 aromatic heterocycles. The Hall–Kier alpha value is -3.30. The number of hydrogen-bond donors (Lipinski definition) is 2. The van der Waals surface area contributed by atoms with Crippen molar-refractivity contribution < 1.29 is 23.9 Å². The van der Waals surface area contributed by atoms with Gasteiger partial charge in [-0.3, -0.25) is 4.79 Å². The number of esters is 2. The lowest BCUT2D eigenvalue weighted by molar-refractivity contribution is -0.119. The van der Waals surface area contributed by atoms with E-state index in [0.717, 1.165) is 16.1 Å². The lowest BCUT2D eigenvalue weighted by Gasteiger charge is -2.09. The number of amides is 1. The van der Waals surface area contributed by atoms with Crippen LogP contribution in [-0.4, -0.2) is 36.3 Å². The van der Waals surface area contributed by atoms with Crippen molar-refractivity contribution in [1.82, 2.24) is 0 Å². The molecule has 1 aliphatic rings. The molecule has 0 spiro atoms. The molecule has 2 N–H and O–H groups in total. The smallest absolute Gasteiger partial charge is 0.341 e. The van der Waals surface area contributed by atoms with E-state index < -0.39 is 24.5 Å². The van der Waals surface area contributed by atoms with Gasteiger partial charge in [0, 0.05) is 15.8 Å². The number of thiophene rings is 1. The highest BCUT2D eigenvalue weighted by Crippen LogP contribution is 2.36. The molecule has 1 heterocycles. The van der Waals surface area contributed by atoms with Crippen LogP contribution in [0.3, 0.4) is 0 Å². The van der Waals surface area contributed by atoms with Crippen molar-refractivity contribution in [2.24, 2.45) is 0 Å². The van der Waals surface area contributed by atoms with Gasteiger partial charge in [-0.1, -0.05) is 36.4 Å². The molecule has 176 valence electrons. The van der Waals surface area contributed by atoms with Crippen molar-refractivity contribution in [2.75, 3.05) is 23.3 Å². The Morgan fingerprint density at radius 2 is 1.79 bits per heavy atom. The highest BCUT2D eigenvalue weighted by atomic mass is 32.2. The minimum atomic E-state index is -0.600. The predicted octanol–water partition coefficient (Wildman–Crippen LogP) is 5.61. The molecule has 0 radical (unpaired) electrons. The molecule has 0 aliphatic heterocycles. The van der Waals surface area contributed by atoms with Crippen LogP contribution in [0.1, 0.15) is 40.5 Å². The molecular formula is C25H24N2O5S2. The van der Waals surface area contributed by atoms with Gasteiger partial charge in [-0.2, -0.15) is 0 Å². The van der Waals surface area contributed by atoms with Gasteiger partial charge in [-0.15, -0.1) is 11.3 Å². The summed E-state index contributed by atoms with van der Waals surface area (Å²) in [7, 11) is 0. The Morgan fingerprint density at radius 3 is 2.53 bits per heavy atom. The summed E-state index contributed by atoms with van der Waals surface area (Å²) in [4.78, 5) is 38.2. The largest absolute Gasteiger partial charge is 0.462 e. The van der Waals surface area contributed by atoms with Crippen molar-refractivity contribution in [1.29, 1.82) is 0 Å². The van der Waals surface area contributed by atoms with Gasteiger partial charge in [-0.25, -0.2) is 9.59 Å². The summed E-state index contributed by atoms with van der Waals surface area (Å²) in [5.41, 5.74) is 2.33. The number of anilines is 2. The van der Waals surface area contributed by atoms with Crippen LogP contribution in [0.2, 0.25) is 0 Å². The third-order valence-corrected chi connectivity index (χ3v) is 7.10. The van der Waals surface area contributed by atoms with Crippen molar-refractivity contribution in [2.45, 2.75) is 25.0 Å². The maximum atomic E-state index is 12.5. The second-order valence-corrected chi connectivity index (χ2v) is 9.72. The number of ether oxygens (including phenoxy) is 2. The van der Waals surface area contributed by atoms with Crippen LogP contribution >= 0.6 is 23.3 Å². The van der Waals surface area contributed by atoms with E-state index in [-0.39, 0.29) is 12.2 Å². The van der Waals surface area contributed by atoms with Gasteiger partial charge in [0.05, 0.1) is 17.7 Å². The first kappa shape index (κ1) is 23.8. The zero-order valence-corrected chi connectivity index (χ0v) is 20.2. The summed E-state index contributed by atoms with van der Waals surface area (Å²) < 4.78 is 13.6. The topological polar surface area (TPSA) is 93.7 Å². The van der Waals surface area contributed by atoms with Gasteiger partial charge in [0.2, 0.25) is 0 Å². The fraction of sp³-hybridized carbons (Fsp3) is 0.240. The fourth-order valence-electron chi connectivity index (χ4n) is 3.01. The van der Waals surface area contributed by atoms with Crippen LogP contribution in [0.25, 0.3) is 10.4 Å². The first-order chi connectivity index (χ1) is 16.5. The molecule has 34 heavy (non-hydrogen) atoms. The summed E-state index contributed by atoms with van der Waals surface area (Å²) in [6, 6.07) is 18.2. The van der Waals surface area contributed by atoms with Gasteiger partial charge in [0.25, 0.3) is 5.91 Å². The van der Waals surface area contributed by atoms with Crippen molar-refractivity contribution in [3.8, 4) is 10.4 Å². The predicted molar refractivity (Wildman–Crippen MR) is 135 cm³/mol. The molecule has 1 fully saturated rings. The molecule has 0 unspecified atom stereocenters. The van der Waals surface area contributed by atoms with Gasteiger partial charge in [-0.05, 0) is 61.5 Å². The second-order valence-electron chi connectivity index (χ2n) is 7.56. The number of rotatable bonds is 10. The first-order valence-electron chi connectivity index (χ1n) is 10.9. The van der Waals surface area contributed by atoms with Gasteiger partial charge >= 0.3 is 11.9 Å². The molecule has 9 heteroatoms. The average Bonchev–Trinajstić information content (AvgIpc) is 3.60. The third kappa shape index (κ3) is 6.39. The molecule has 1 amide bonds. The summed E-state index contributed by atoms with van der Waals surface area (Å²) >= 11 is 2.90. The standard InChI is InChI=1S/C25H24N2O5S2/c1-2-31-25(30)20-14-21(16-7-4-3-5-8-16)33-23(20)26-22(28)15-32-24(29)17-9-6-10-18(13-17)27-34-19-11-12-19/h3-10,13-14,19,27H,2,11-12,15H2,1H3,(H,26,28). The molecule has 1 aliphatic carbocycles. The summed E-state index contributed by atoms with van der Waals surface area (Å²) in [6.07, 6.45) is 2.40. The van der Waals surface area contributed by atoms with E-state index in [0.29, 0.717) is 15.8 Å². The quantitative estimate of drug-likeness (QED) is 0.278. The van der Waals surface area contributed by atoms with Gasteiger partial charge in [0.1, 0.15) is 5.00 Å². The van der Waals surface area contributed by atoms with E-state index in [9.17, 15) is 14.4 Å². The van der Waals surface area contributed by atoms with Crippen molar-refractivity contribution in [3.63, 3.8) is 0 Å². The van der Waals surface area contributed by atoms with E-state index in [1.54, 1.807) is 43.1 Å². The number of carbonyl (C=O) groups excluding carboxylic acids is 3. The number of nitrogens with one attached hydrogen (secondary N) is 2. The molecule has 0 saturated heterocycles. The summed E-state index contributed by atoms with van der Waals surface area (Å²) in [5.74, 6) is -1.67. The molecular weight excluding hydrogens is 472 g/mol. The lowest BCUT2D eigenvalue weighted by atomic mass is 10.1. The zero-order valence-electron chi connectivity index (χ0n) is 18.5. The van der Waals surface area contributed by atoms with E-state index in [4.69, 9.17) is 9.47 Å². The van der Waals surface area contributed by atoms with Crippen molar-refractivity contribution >= 4 is 51.8 Å². The molecule has 0 atom stereocenters. The van der Waals surface area contributed by atoms with Crippen LogP contribution in [-0.2, 0) is 14.3 Å². The minimum absolute atomic E-state index is 0.216. The number of benzene rings is 2. The van der Waals surface area contributed by atoms with E-state index in [1.807, 2.05) is 36.4 Å². The molecule has 7 nitrogen and oxygen atoms in total. The SMILES string of the molecule is CCOC(=O)c1cc(-c2ccccc2)sc1NC(=O)COC(=O)c1cccc(NSC2CC2)c1. The minimum Gasteiger partial charge on any atom is -0.462 e. The Kier molecular flexibility index (Phi) is 7.87. The molecule has 4 rings (SSSR count). The Bertz CT molecular complexity index is 1180. The number of carbonyl (C=O) groups is 3. The fourth-order valence-corrected chi connectivity index (χ4v) is 4.88. The summed E-state index contributed by atoms with van der Waals surface area (Å²) in [5, 5.41) is 3.66. The number of hydrogen-bond acceptors (Lipinski definition) is 8. The maximum Gasteiger partial charge on any atom is 0.341 e. The summed E-state index contributed by atoms with van der Waals surface area (Å²) in [6.45, 7) is 1.46. The van der Waals surface area contributed by atoms with E-state index in [1.165, 1.54) is 24.2 Å². The zero-order chi connectivity index (χ0) is 23.9. The first-order valence-corrected chi connectivity index (χ1v) is 12.6. The van der Waals surface area contributed by atoms with Crippen LogP contribution in [0.15, 0.2) is 60.7 Å². The molecule has 2 aromatic carbocycles. The molecule has 0 bridgehead atoms. The molecule has 3 aromatic rings. The lowest BCUT2D eigenvalue weighted by Crippen LogP contribution is -2.21. The third-order valence-electron chi connectivity index (χ3n) is 4.84. The average molecular weight is 497 g/mol. The van der Waals surface area contributed by atoms with Crippen LogP contribution < -0.4 is 10.0 Å². The maximum absolute atomic E-state index is 12.5.